The van der Waals surface area contributed by atoms with Gasteiger partial charge in [-0.05, 0) is 29.8 Å². The minimum Gasteiger partial charge on any atom is -0.302 e. The number of para-hydroxylation sites is 2. The third-order valence-corrected chi connectivity index (χ3v) is 5.27. The Hall–Kier alpha value is -2.85. The maximum absolute atomic E-state index is 13.1. The highest BCUT2D eigenvalue weighted by Crippen LogP contribution is 2.30. The molecule has 26 heavy (non-hydrogen) atoms. The Labute approximate surface area is 157 Å². The van der Waals surface area contributed by atoms with Gasteiger partial charge in [-0.25, -0.2) is 4.99 Å². The van der Waals surface area contributed by atoms with E-state index < -0.39 is 0 Å². The summed E-state index contributed by atoms with van der Waals surface area (Å²) in [5, 5.41) is 0.941. The van der Waals surface area contributed by atoms with Crippen molar-refractivity contribution in [2.45, 2.75) is 5.75 Å². The topological polar surface area (TPSA) is 32.7 Å². The van der Waals surface area contributed by atoms with E-state index in [0.717, 1.165) is 22.2 Å². The van der Waals surface area contributed by atoms with E-state index in [0.29, 0.717) is 12.1 Å². The van der Waals surface area contributed by atoms with Crippen molar-refractivity contribution in [1.82, 2.24) is 0 Å². The van der Waals surface area contributed by atoms with Crippen LogP contribution < -0.4 is 4.90 Å². The summed E-state index contributed by atoms with van der Waals surface area (Å²) in [5.41, 5.74) is 3.52. The second-order valence-corrected chi connectivity index (χ2v) is 7.07. The maximum Gasteiger partial charge on any atom is 0.260 e. The second kappa shape index (κ2) is 7.58. The summed E-state index contributed by atoms with van der Waals surface area (Å²) in [6.07, 6.45) is 0. The van der Waals surface area contributed by atoms with Gasteiger partial charge in [0.15, 0.2) is 0 Å². The highest BCUT2D eigenvalue weighted by Gasteiger charge is 2.25. The molecule has 0 aromatic heterocycles. The van der Waals surface area contributed by atoms with Gasteiger partial charge in [-0.15, -0.1) is 11.8 Å². The molecular formula is C22H18N2OS. The largest absolute Gasteiger partial charge is 0.302 e. The van der Waals surface area contributed by atoms with Crippen molar-refractivity contribution in [3.05, 3.63) is 96.1 Å². The number of aliphatic imine (C=N–C) groups is 1. The molecule has 0 saturated heterocycles. The van der Waals surface area contributed by atoms with Crippen LogP contribution in [0.3, 0.4) is 0 Å². The van der Waals surface area contributed by atoms with E-state index in [-0.39, 0.29) is 5.91 Å². The lowest BCUT2D eigenvalue weighted by Gasteiger charge is -2.21. The van der Waals surface area contributed by atoms with Crippen LogP contribution in [0.2, 0.25) is 0 Å². The number of fused-ring (bicyclic) bond motifs is 1. The highest BCUT2D eigenvalue weighted by atomic mass is 32.2. The van der Waals surface area contributed by atoms with Gasteiger partial charge in [0, 0.05) is 11.4 Å². The van der Waals surface area contributed by atoms with Gasteiger partial charge in [0.1, 0.15) is 0 Å². The third-order valence-electron chi connectivity index (χ3n) is 4.23. The van der Waals surface area contributed by atoms with E-state index in [1.807, 2.05) is 77.7 Å². The minimum absolute atomic E-state index is 0.00846. The van der Waals surface area contributed by atoms with Crippen LogP contribution >= 0.6 is 11.8 Å². The number of carbonyl (C=O) groups excluding carboxylic acids is 1. The number of rotatable bonds is 3. The van der Waals surface area contributed by atoms with Gasteiger partial charge in [0.2, 0.25) is 0 Å². The van der Waals surface area contributed by atoms with Crippen molar-refractivity contribution >= 4 is 34.1 Å². The molecule has 0 spiro atoms. The number of benzene rings is 3. The van der Waals surface area contributed by atoms with Gasteiger partial charge in [-0.1, -0.05) is 60.7 Å². The normalized spacial score (nSPS) is 13.8. The summed E-state index contributed by atoms with van der Waals surface area (Å²) in [7, 11) is 0. The van der Waals surface area contributed by atoms with Gasteiger partial charge in [0.05, 0.1) is 22.8 Å². The van der Waals surface area contributed by atoms with Crippen LogP contribution in [0.4, 0.5) is 11.4 Å². The van der Waals surface area contributed by atoms with E-state index >= 15 is 0 Å². The molecule has 1 aliphatic heterocycles. The molecule has 0 aliphatic carbocycles. The molecule has 3 nitrogen and oxygen atoms in total. The number of nitrogens with zero attached hydrogens (tertiary/aromatic N) is 2. The Bertz CT molecular complexity index is 939. The summed E-state index contributed by atoms with van der Waals surface area (Å²) in [6, 6.07) is 27.7. The Morgan fingerprint density at radius 1 is 0.846 bits per heavy atom. The van der Waals surface area contributed by atoms with Crippen LogP contribution in [0.1, 0.15) is 15.9 Å². The number of carbonyl (C=O) groups is 1. The molecule has 1 amide bonds. The van der Waals surface area contributed by atoms with Crippen LogP contribution in [0, 0.1) is 0 Å². The number of thioether (sulfide) groups is 1. The molecule has 0 fully saturated rings. The maximum atomic E-state index is 13.1. The van der Waals surface area contributed by atoms with Crippen molar-refractivity contribution < 1.29 is 4.79 Å². The summed E-state index contributed by atoms with van der Waals surface area (Å²) in [5.74, 6) is 0.824. The van der Waals surface area contributed by atoms with Crippen molar-refractivity contribution in [3.8, 4) is 0 Å². The molecule has 128 valence electrons. The molecule has 1 aliphatic rings. The molecule has 0 radical (unpaired) electrons. The zero-order valence-electron chi connectivity index (χ0n) is 14.2. The van der Waals surface area contributed by atoms with Crippen LogP contribution in [0.15, 0.2) is 89.9 Å². The fourth-order valence-corrected chi connectivity index (χ4v) is 3.82. The summed E-state index contributed by atoms with van der Waals surface area (Å²) >= 11 is 1.68. The summed E-state index contributed by atoms with van der Waals surface area (Å²) in [4.78, 5) is 19.7. The van der Waals surface area contributed by atoms with Gasteiger partial charge < -0.3 is 4.90 Å². The average Bonchev–Trinajstić information content (AvgIpc) is 2.85. The Morgan fingerprint density at radius 2 is 1.50 bits per heavy atom. The molecule has 0 saturated carbocycles. The van der Waals surface area contributed by atoms with Crippen molar-refractivity contribution in [2.24, 2.45) is 4.99 Å². The summed E-state index contributed by atoms with van der Waals surface area (Å²) in [6.45, 7) is 0.481. The van der Waals surface area contributed by atoms with E-state index in [9.17, 15) is 4.79 Å². The molecule has 0 atom stereocenters. The van der Waals surface area contributed by atoms with Crippen molar-refractivity contribution in [3.63, 3.8) is 0 Å². The lowest BCUT2D eigenvalue weighted by molar-refractivity contribution is 0.0992. The zero-order valence-corrected chi connectivity index (χ0v) is 15.0. The minimum atomic E-state index is -0.00846. The summed E-state index contributed by atoms with van der Waals surface area (Å²) < 4.78 is 0. The predicted molar refractivity (Wildman–Crippen MR) is 109 cm³/mol. The number of amides is 1. The van der Waals surface area contributed by atoms with Crippen LogP contribution in [-0.4, -0.2) is 17.5 Å². The van der Waals surface area contributed by atoms with Gasteiger partial charge >= 0.3 is 0 Å². The van der Waals surface area contributed by atoms with Crippen LogP contribution in [0.25, 0.3) is 0 Å². The molecule has 3 aromatic carbocycles. The van der Waals surface area contributed by atoms with Crippen molar-refractivity contribution in [1.29, 1.82) is 0 Å². The molecule has 4 heteroatoms. The molecule has 4 rings (SSSR count). The van der Waals surface area contributed by atoms with E-state index in [1.165, 1.54) is 5.56 Å². The van der Waals surface area contributed by atoms with Crippen LogP contribution in [0.5, 0.6) is 0 Å². The first-order valence-electron chi connectivity index (χ1n) is 8.51. The zero-order chi connectivity index (χ0) is 17.8. The quantitative estimate of drug-likeness (QED) is 0.635. The standard InChI is InChI=1S/C22H18N2OS/c25-22-19-13-7-8-14-20(19)23-21(26-16-17-9-3-1-4-10-17)15-24(22)18-11-5-2-6-12-18/h1-14H,15-16H2. The molecule has 0 unspecified atom stereocenters. The monoisotopic (exact) mass is 358 g/mol. The first-order valence-corrected chi connectivity index (χ1v) is 9.50. The van der Waals surface area contributed by atoms with Crippen LogP contribution in [-0.2, 0) is 5.75 Å². The fraction of sp³-hybridized carbons (Fsp3) is 0.0909. The Kier molecular flexibility index (Phi) is 4.84. The number of anilines is 1. The van der Waals surface area contributed by atoms with Crippen molar-refractivity contribution in [2.75, 3.05) is 11.4 Å². The first-order chi connectivity index (χ1) is 12.8. The Morgan fingerprint density at radius 3 is 2.27 bits per heavy atom. The second-order valence-electron chi connectivity index (χ2n) is 6.02. The van der Waals surface area contributed by atoms with E-state index in [1.54, 1.807) is 11.8 Å². The Balaban J connectivity index is 1.67. The van der Waals surface area contributed by atoms with E-state index in [4.69, 9.17) is 4.99 Å². The highest BCUT2D eigenvalue weighted by molar-refractivity contribution is 8.13. The number of hydrogen-bond donors (Lipinski definition) is 0. The SMILES string of the molecule is O=C1c2ccccc2N=C(SCc2ccccc2)CN1c1ccccc1. The molecule has 1 heterocycles. The fourth-order valence-electron chi connectivity index (χ4n) is 2.91. The molecule has 3 aromatic rings. The first kappa shape index (κ1) is 16.6. The van der Waals surface area contributed by atoms with E-state index in [2.05, 4.69) is 12.1 Å². The van der Waals surface area contributed by atoms with Gasteiger partial charge in [-0.3, -0.25) is 4.79 Å². The smallest absolute Gasteiger partial charge is 0.260 e. The lowest BCUT2D eigenvalue weighted by Crippen LogP contribution is -2.33. The molecule has 0 bridgehead atoms. The molecular weight excluding hydrogens is 340 g/mol. The average molecular weight is 358 g/mol. The third kappa shape index (κ3) is 3.55. The number of hydrogen-bond acceptors (Lipinski definition) is 3. The van der Waals surface area contributed by atoms with Gasteiger partial charge in [-0.2, -0.15) is 0 Å². The lowest BCUT2D eigenvalue weighted by atomic mass is 10.1. The molecule has 0 N–H and O–H groups in total. The van der Waals surface area contributed by atoms with Gasteiger partial charge in [0.25, 0.3) is 5.91 Å². The predicted octanol–water partition coefficient (Wildman–Crippen LogP) is 5.31.